The Hall–Kier alpha value is -1.03. The summed E-state index contributed by atoms with van der Waals surface area (Å²) in [5.41, 5.74) is -0.436. The van der Waals surface area contributed by atoms with E-state index in [0.29, 0.717) is 18.5 Å². The van der Waals surface area contributed by atoms with E-state index in [1.807, 2.05) is 20.8 Å². The Morgan fingerprint density at radius 3 is 2.57 bits per heavy atom. The van der Waals surface area contributed by atoms with E-state index in [1.165, 1.54) is 44.9 Å². The van der Waals surface area contributed by atoms with Crippen molar-refractivity contribution < 1.29 is 9.53 Å². The summed E-state index contributed by atoms with van der Waals surface area (Å²) in [4.78, 5) is 11.9. The predicted octanol–water partition coefficient (Wildman–Crippen LogP) is 4.02. The van der Waals surface area contributed by atoms with Crippen LogP contribution >= 0.6 is 0 Å². The molecule has 0 aromatic carbocycles. The number of ether oxygens (including phenoxy) is 1. The Kier molecular flexibility index (Phi) is 6.94. The SMILES string of the molecule is CC(C)(C)OC(=O)NCC(NCC1CC=CCC1)C1CCCC1. The summed E-state index contributed by atoms with van der Waals surface area (Å²) in [6.07, 6.45) is 13.2. The predicted molar refractivity (Wildman–Crippen MR) is 94.5 cm³/mol. The molecule has 0 aliphatic heterocycles. The zero-order chi connectivity index (χ0) is 16.7. The molecule has 0 heterocycles. The van der Waals surface area contributed by atoms with E-state index < -0.39 is 5.60 Å². The molecule has 2 unspecified atom stereocenters. The first-order chi connectivity index (χ1) is 10.9. The largest absolute Gasteiger partial charge is 0.444 e. The van der Waals surface area contributed by atoms with Gasteiger partial charge in [0, 0.05) is 12.6 Å². The Bertz CT molecular complexity index is 395. The molecule has 0 saturated heterocycles. The van der Waals surface area contributed by atoms with E-state index in [0.717, 1.165) is 12.5 Å². The van der Waals surface area contributed by atoms with Crippen molar-refractivity contribution in [2.45, 2.75) is 77.4 Å². The van der Waals surface area contributed by atoms with Gasteiger partial charge >= 0.3 is 6.09 Å². The van der Waals surface area contributed by atoms with E-state index in [2.05, 4.69) is 22.8 Å². The second-order valence-electron chi connectivity index (χ2n) is 8.09. The Morgan fingerprint density at radius 2 is 1.96 bits per heavy atom. The quantitative estimate of drug-likeness (QED) is 0.726. The lowest BCUT2D eigenvalue weighted by Gasteiger charge is -2.28. The molecule has 132 valence electrons. The van der Waals surface area contributed by atoms with Crippen molar-refractivity contribution >= 4 is 6.09 Å². The molecule has 1 saturated carbocycles. The Morgan fingerprint density at radius 1 is 1.22 bits per heavy atom. The number of carbonyl (C=O) groups excluding carboxylic acids is 1. The molecule has 2 aliphatic rings. The molecular weight excluding hydrogens is 288 g/mol. The van der Waals surface area contributed by atoms with Crippen LogP contribution in [0.5, 0.6) is 0 Å². The molecule has 0 spiro atoms. The Balaban J connectivity index is 1.79. The highest BCUT2D eigenvalue weighted by Gasteiger charge is 2.26. The number of allylic oxidation sites excluding steroid dienone is 2. The van der Waals surface area contributed by atoms with Gasteiger partial charge in [-0.15, -0.1) is 0 Å². The summed E-state index contributed by atoms with van der Waals surface area (Å²) in [5.74, 6) is 1.43. The number of rotatable bonds is 6. The van der Waals surface area contributed by atoms with Gasteiger partial charge in [0.25, 0.3) is 0 Å². The zero-order valence-electron chi connectivity index (χ0n) is 15.1. The molecule has 1 amide bonds. The van der Waals surface area contributed by atoms with Gasteiger partial charge in [-0.1, -0.05) is 25.0 Å². The number of hydrogen-bond acceptors (Lipinski definition) is 3. The average molecular weight is 322 g/mol. The monoisotopic (exact) mass is 322 g/mol. The first kappa shape index (κ1) is 18.3. The summed E-state index contributed by atoms with van der Waals surface area (Å²) >= 11 is 0. The van der Waals surface area contributed by atoms with E-state index in [1.54, 1.807) is 0 Å². The van der Waals surface area contributed by atoms with Crippen LogP contribution < -0.4 is 10.6 Å². The lowest BCUT2D eigenvalue weighted by molar-refractivity contribution is 0.0518. The van der Waals surface area contributed by atoms with Crippen LogP contribution in [0.3, 0.4) is 0 Å². The van der Waals surface area contributed by atoms with Gasteiger partial charge in [-0.2, -0.15) is 0 Å². The van der Waals surface area contributed by atoms with Gasteiger partial charge in [0.05, 0.1) is 0 Å². The first-order valence-corrected chi connectivity index (χ1v) is 9.29. The third kappa shape index (κ3) is 6.94. The lowest BCUT2D eigenvalue weighted by atomic mass is 9.92. The van der Waals surface area contributed by atoms with Crippen LogP contribution in [-0.4, -0.2) is 30.8 Å². The van der Waals surface area contributed by atoms with Gasteiger partial charge in [0.15, 0.2) is 0 Å². The van der Waals surface area contributed by atoms with Crippen molar-refractivity contribution in [1.82, 2.24) is 10.6 Å². The minimum Gasteiger partial charge on any atom is -0.444 e. The molecule has 2 rings (SSSR count). The molecule has 23 heavy (non-hydrogen) atoms. The number of alkyl carbamates (subject to hydrolysis) is 1. The van der Waals surface area contributed by atoms with Gasteiger partial charge in [-0.25, -0.2) is 4.79 Å². The normalized spacial score (nSPS) is 23.7. The highest BCUT2D eigenvalue weighted by atomic mass is 16.6. The average Bonchev–Trinajstić information content (AvgIpc) is 3.00. The molecule has 0 aromatic rings. The van der Waals surface area contributed by atoms with Gasteiger partial charge < -0.3 is 15.4 Å². The summed E-state index contributed by atoms with van der Waals surface area (Å²) in [7, 11) is 0. The first-order valence-electron chi connectivity index (χ1n) is 9.29. The summed E-state index contributed by atoms with van der Waals surface area (Å²) in [6, 6.07) is 0.371. The number of hydrogen-bond donors (Lipinski definition) is 2. The summed E-state index contributed by atoms with van der Waals surface area (Å²) in [6.45, 7) is 7.42. The highest BCUT2D eigenvalue weighted by molar-refractivity contribution is 5.67. The molecule has 4 nitrogen and oxygen atoms in total. The Labute approximate surface area is 141 Å². The van der Waals surface area contributed by atoms with Crippen molar-refractivity contribution in [3.8, 4) is 0 Å². The minimum atomic E-state index is -0.436. The summed E-state index contributed by atoms with van der Waals surface area (Å²) in [5, 5.41) is 6.71. The van der Waals surface area contributed by atoms with Crippen molar-refractivity contribution in [3.05, 3.63) is 12.2 Å². The van der Waals surface area contributed by atoms with Crippen LogP contribution in [0.2, 0.25) is 0 Å². The molecule has 2 aliphatic carbocycles. The second kappa shape index (κ2) is 8.72. The topological polar surface area (TPSA) is 50.4 Å². The van der Waals surface area contributed by atoms with Crippen molar-refractivity contribution in [3.63, 3.8) is 0 Å². The van der Waals surface area contributed by atoms with Gasteiger partial charge in [-0.3, -0.25) is 0 Å². The van der Waals surface area contributed by atoms with Crippen LogP contribution in [0.1, 0.15) is 65.7 Å². The fourth-order valence-electron chi connectivity index (χ4n) is 3.63. The van der Waals surface area contributed by atoms with Crippen LogP contribution in [0.15, 0.2) is 12.2 Å². The maximum atomic E-state index is 11.9. The standard InChI is InChI=1S/C19H34N2O2/c1-19(2,3)23-18(22)21-14-17(16-11-7-8-12-16)20-13-15-9-5-4-6-10-15/h4-5,15-17,20H,6-14H2,1-3H3,(H,21,22). The summed E-state index contributed by atoms with van der Waals surface area (Å²) < 4.78 is 5.36. The van der Waals surface area contributed by atoms with Crippen molar-refractivity contribution in [2.24, 2.45) is 11.8 Å². The molecule has 4 heteroatoms. The third-order valence-corrected chi connectivity index (χ3v) is 4.88. The third-order valence-electron chi connectivity index (χ3n) is 4.88. The molecule has 2 N–H and O–H groups in total. The number of carbonyl (C=O) groups is 1. The van der Waals surface area contributed by atoms with Crippen LogP contribution in [0.4, 0.5) is 4.79 Å². The molecular formula is C19H34N2O2. The van der Waals surface area contributed by atoms with Crippen LogP contribution in [-0.2, 0) is 4.74 Å². The molecule has 0 radical (unpaired) electrons. The maximum absolute atomic E-state index is 11.9. The zero-order valence-corrected chi connectivity index (χ0v) is 15.1. The number of amides is 1. The van der Waals surface area contributed by atoms with Crippen LogP contribution in [0, 0.1) is 11.8 Å². The molecule has 2 atom stereocenters. The van der Waals surface area contributed by atoms with Crippen molar-refractivity contribution in [1.29, 1.82) is 0 Å². The lowest BCUT2D eigenvalue weighted by Crippen LogP contribution is -2.47. The molecule has 0 bridgehead atoms. The van der Waals surface area contributed by atoms with E-state index in [-0.39, 0.29) is 6.09 Å². The van der Waals surface area contributed by atoms with Crippen LogP contribution in [0.25, 0.3) is 0 Å². The van der Waals surface area contributed by atoms with E-state index in [4.69, 9.17) is 4.74 Å². The molecule has 1 fully saturated rings. The number of nitrogens with one attached hydrogen (secondary N) is 2. The van der Waals surface area contributed by atoms with Gasteiger partial charge in [0.2, 0.25) is 0 Å². The second-order valence-corrected chi connectivity index (χ2v) is 8.09. The smallest absolute Gasteiger partial charge is 0.407 e. The maximum Gasteiger partial charge on any atom is 0.407 e. The highest BCUT2D eigenvalue weighted by Crippen LogP contribution is 2.28. The van der Waals surface area contributed by atoms with Gasteiger partial charge in [-0.05, 0) is 71.3 Å². The van der Waals surface area contributed by atoms with E-state index in [9.17, 15) is 4.79 Å². The van der Waals surface area contributed by atoms with Crippen molar-refractivity contribution in [2.75, 3.05) is 13.1 Å². The fraction of sp³-hybridized carbons (Fsp3) is 0.842. The van der Waals surface area contributed by atoms with E-state index >= 15 is 0 Å². The van der Waals surface area contributed by atoms with Gasteiger partial charge in [0.1, 0.15) is 5.60 Å². The minimum absolute atomic E-state index is 0.303. The fourth-order valence-corrected chi connectivity index (χ4v) is 3.63. The molecule has 0 aromatic heterocycles.